The zero-order valence-corrected chi connectivity index (χ0v) is 22.0. The highest BCUT2D eigenvalue weighted by molar-refractivity contribution is 5.70. The van der Waals surface area contributed by atoms with Crippen LogP contribution in [0.15, 0.2) is 66.7 Å². The molecule has 35 heavy (non-hydrogen) atoms. The van der Waals surface area contributed by atoms with Gasteiger partial charge in [0.05, 0.1) is 6.04 Å². The first kappa shape index (κ1) is 25.1. The van der Waals surface area contributed by atoms with Crippen LogP contribution < -0.4 is 4.90 Å². The number of anilines is 1. The Morgan fingerprint density at radius 2 is 1.23 bits per heavy atom. The molecule has 4 rings (SSSR count). The van der Waals surface area contributed by atoms with Crippen LogP contribution in [0.4, 0.5) is 5.69 Å². The molecule has 0 spiro atoms. The number of phenols is 1. The van der Waals surface area contributed by atoms with Crippen LogP contribution in [0.3, 0.4) is 0 Å². The Hall–Kier alpha value is -2.98. The number of piperazine rings is 1. The standard InChI is InChI=1S/C31H39N2O2/c1-30(2,3)24-21-25(26(31(4,5)6)29(35)28(24)34)32-17-19-33(20-18-32)27(22-13-9-7-10-14-22)23-15-11-8-12-16-23/h7-16,21,27,35H,17-20H2,1-6H3. The lowest BCUT2D eigenvalue weighted by Gasteiger charge is -2.42. The van der Waals surface area contributed by atoms with E-state index in [0.717, 1.165) is 37.4 Å². The largest absolute Gasteiger partial charge is 0.504 e. The van der Waals surface area contributed by atoms with E-state index in [1.807, 2.05) is 26.8 Å². The first-order valence-corrected chi connectivity index (χ1v) is 12.7. The van der Waals surface area contributed by atoms with Gasteiger partial charge in [-0.15, -0.1) is 0 Å². The molecule has 1 radical (unpaired) electrons. The van der Waals surface area contributed by atoms with Crippen LogP contribution in [-0.2, 0) is 15.9 Å². The van der Waals surface area contributed by atoms with Crippen LogP contribution in [0.25, 0.3) is 0 Å². The molecule has 0 bridgehead atoms. The van der Waals surface area contributed by atoms with Gasteiger partial charge < -0.3 is 10.0 Å². The quantitative estimate of drug-likeness (QED) is 0.444. The van der Waals surface area contributed by atoms with Crippen molar-refractivity contribution in [2.24, 2.45) is 0 Å². The SMILES string of the molecule is CC(C)(C)c1cc(N2CCN(C(c3ccccc3)c3ccccc3)CC2)c(C(C)(C)C)c(O)c1[O]. The molecule has 3 aromatic rings. The maximum atomic E-state index is 13.1. The van der Waals surface area contributed by atoms with Crippen LogP contribution in [-0.4, -0.2) is 36.2 Å². The van der Waals surface area contributed by atoms with E-state index >= 15 is 0 Å². The van der Waals surface area contributed by atoms with Crippen molar-refractivity contribution in [3.63, 3.8) is 0 Å². The summed E-state index contributed by atoms with van der Waals surface area (Å²) in [4.78, 5) is 4.91. The fraction of sp³-hybridized carbons (Fsp3) is 0.419. The zero-order chi connectivity index (χ0) is 25.4. The number of hydrogen-bond donors (Lipinski definition) is 1. The van der Waals surface area contributed by atoms with Gasteiger partial charge in [-0.2, -0.15) is 0 Å². The molecule has 1 aliphatic heterocycles. The molecule has 0 aliphatic carbocycles. The first-order chi connectivity index (χ1) is 16.5. The fourth-order valence-electron chi connectivity index (χ4n) is 5.29. The summed E-state index contributed by atoms with van der Waals surface area (Å²) in [6.07, 6.45) is 0. The van der Waals surface area contributed by atoms with Gasteiger partial charge in [-0.3, -0.25) is 10.0 Å². The molecule has 185 valence electrons. The molecule has 1 aliphatic rings. The average molecular weight is 472 g/mol. The number of phenolic OH excluding ortho intramolecular Hbond substituents is 1. The highest BCUT2D eigenvalue weighted by Gasteiger charge is 2.34. The molecule has 0 atom stereocenters. The van der Waals surface area contributed by atoms with Gasteiger partial charge in [0.1, 0.15) is 0 Å². The molecule has 1 heterocycles. The van der Waals surface area contributed by atoms with Crippen molar-refractivity contribution in [3.8, 4) is 11.5 Å². The van der Waals surface area contributed by atoms with Crippen molar-refractivity contribution in [1.29, 1.82) is 0 Å². The van der Waals surface area contributed by atoms with E-state index in [1.165, 1.54) is 11.1 Å². The lowest BCUT2D eigenvalue weighted by atomic mass is 9.79. The summed E-state index contributed by atoms with van der Waals surface area (Å²) in [6.45, 7) is 15.8. The van der Waals surface area contributed by atoms with Crippen molar-refractivity contribution in [2.75, 3.05) is 31.1 Å². The van der Waals surface area contributed by atoms with Crippen LogP contribution in [0.2, 0.25) is 0 Å². The van der Waals surface area contributed by atoms with Gasteiger partial charge in [0.25, 0.3) is 0 Å². The summed E-state index contributed by atoms with van der Waals surface area (Å²) >= 11 is 0. The lowest BCUT2D eigenvalue weighted by molar-refractivity contribution is 0.212. The molecule has 1 N–H and O–H groups in total. The molecule has 0 saturated carbocycles. The van der Waals surface area contributed by atoms with Crippen LogP contribution in [0, 0.1) is 0 Å². The van der Waals surface area contributed by atoms with E-state index in [0.29, 0.717) is 5.56 Å². The summed E-state index contributed by atoms with van der Waals surface area (Å²) in [5.41, 5.74) is 4.33. The minimum atomic E-state index is -0.345. The van der Waals surface area contributed by atoms with Crippen molar-refractivity contribution >= 4 is 5.69 Å². The Bertz CT molecular complexity index is 1100. The summed E-state index contributed by atoms with van der Waals surface area (Å²) in [5.74, 6) is -0.327. The van der Waals surface area contributed by atoms with Crippen LogP contribution >= 0.6 is 0 Å². The van der Waals surface area contributed by atoms with E-state index in [4.69, 9.17) is 0 Å². The van der Waals surface area contributed by atoms with Crippen molar-refractivity contribution in [3.05, 3.63) is 89.0 Å². The van der Waals surface area contributed by atoms with Gasteiger partial charge in [0.15, 0.2) is 5.75 Å². The number of benzene rings is 3. The Morgan fingerprint density at radius 1 is 0.743 bits per heavy atom. The molecule has 4 nitrogen and oxygen atoms in total. The third-order valence-corrected chi connectivity index (χ3v) is 7.04. The van der Waals surface area contributed by atoms with Gasteiger partial charge >= 0.3 is 0 Å². The lowest BCUT2D eigenvalue weighted by Crippen LogP contribution is -2.48. The van der Waals surface area contributed by atoms with E-state index in [2.05, 4.69) is 91.2 Å². The minimum Gasteiger partial charge on any atom is -0.504 e. The molecule has 4 heteroatoms. The number of aromatic hydroxyl groups is 1. The van der Waals surface area contributed by atoms with Gasteiger partial charge in [0.2, 0.25) is 5.75 Å². The van der Waals surface area contributed by atoms with Gasteiger partial charge in [-0.05, 0) is 28.0 Å². The highest BCUT2D eigenvalue weighted by Crippen LogP contribution is 2.49. The number of nitrogens with zero attached hydrogens (tertiary/aromatic N) is 2. The maximum Gasteiger partial charge on any atom is 0.224 e. The fourth-order valence-corrected chi connectivity index (χ4v) is 5.29. The third-order valence-electron chi connectivity index (χ3n) is 7.04. The first-order valence-electron chi connectivity index (χ1n) is 12.7. The van der Waals surface area contributed by atoms with E-state index < -0.39 is 0 Å². The van der Waals surface area contributed by atoms with Gasteiger partial charge in [-0.25, -0.2) is 0 Å². The highest BCUT2D eigenvalue weighted by atomic mass is 16.3. The van der Waals surface area contributed by atoms with Crippen molar-refractivity contribution in [1.82, 2.24) is 4.90 Å². The number of hydrogen-bond acceptors (Lipinski definition) is 3. The Morgan fingerprint density at radius 3 is 1.66 bits per heavy atom. The average Bonchev–Trinajstić information content (AvgIpc) is 2.81. The molecular formula is C31H39N2O2. The minimum absolute atomic E-state index is 0.0891. The third kappa shape index (κ3) is 5.18. The van der Waals surface area contributed by atoms with Crippen LogP contribution in [0.5, 0.6) is 11.5 Å². The Kier molecular flexibility index (Phi) is 6.88. The summed E-state index contributed by atoms with van der Waals surface area (Å²) in [6, 6.07) is 23.7. The Labute approximate surface area is 210 Å². The Balaban J connectivity index is 1.68. The topological polar surface area (TPSA) is 46.6 Å². The summed E-state index contributed by atoms with van der Waals surface area (Å²) in [5, 5.41) is 24.2. The molecular weight excluding hydrogens is 432 g/mol. The molecule has 0 amide bonds. The molecule has 3 aromatic carbocycles. The zero-order valence-electron chi connectivity index (χ0n) is 22.0. The maximum absolute atomic E-state index is 13.1. The molecule has 1 fully saturated rings. The smallest absolute Gasteiger partial charge is 0.224 e. The molecule has 1 saturated heterocycles. The van der Waals surface area contributed by atoms with E-state index in [9.17, 15) is 10.2 Å². The summed E-state index contributed by atoms with van der Waals surface area (Å²) < 4.78 is 0. The van der Waals surface area contributed by atoms with Crippen molar-refractivity contribution in [2.45, 2.75) is 58.4 Å². The van der Waals surface area contributed by atoms with Crippen molar-refractivity contribution < 1.29 is 10.2 Å². The van der Waals surface area contributed by atoms with E-state index in [1.54, 1.807) is 0 Å². The molecule has 0 aromatic heterocycles. The summed E-state index contributed by atoms with van der Waals surface area (Å²) in [7, 11) is 0. The van der Waals surface area contributed by atoms with E-state index in [-0.39, 0.29) is 28.4 Å². The normalized spacial score (nSPS) is 15.6. The second kappa shape index (κ2) is 9.58. The van der Waals surface area contributed by atoms with Gasteiger partial charge in [-0.1, -0.05) is 102 Å². The molecule has 0 unspecified atom stereocenters. The predicted molar refractivity (Wildman–Crippen MR) is 144 cm³/mol. The predicted octanol–water partition coefficient (Wildman–Crippen LogP) is 7.04. The monoisotopic (exact) mass is 471 g/mol. The van der Waals surface area contributed by atoms with Crippen LogP contribution in [0.1, 0.15) is 69.8 Å². The van der Waals surface area contributed by atoms with Gasteiger partial charge in [0, 0.05) is 43.0 Å². The second-order valence-corrected chi connectivity index (χ2v) is 11.7. The second-order valence-electron chi connectivity index (χ2n) is 11.7. The number of rotatable bonds is 4.